The maximum atomic E-state index is 10.0. The fraction of sp³-hybridized carbons (Fsp3) is 0.500. The third-order valence-electron chi connectivity index (χ3n) is 0.738. The molecular weight excluding hydrogens is 214 g/mol. The van der Waals surface area contributed by atoms with Crippen LogP contribution < -0.4 is 0 Å². The molecule has 0 aromatic carbocycles. The van der Waals surface area contributed by atoms with Crippen molar-refractivity contribution in [3.63, 3.8) is 0 Å². The number of nitrogens with zero attached hydrogens (tertiary/aromatic N) is 1. The molecule has 2 unspecified atom stereocenters. The Morgan fingerprint density at radius 1 is 1.89 bits per heavy atom. The van der Waals surface area contributed by atoms with Gasteiger partial charge in [-0.3, -0.25) is 14.2 Å². The van der Waals surface area contributed by atoms with E-state index in [1.165, 1.54) is 0 Å². The summed E-state index contributed by atoms with van der Waals surface area (Å²) in [5, 5.41) is 11.7. The molecule has 2 atom stereocenters. The van der Waals surface area contributed by atoms with Crippen LogP contribution in [0.15, 0.2) is 0 Å². The molecule has 0 spiro atoms. The molecule has 9 heavy (non-hydrogen) atoms. The molecule has 0 heterocycles. The van der Waals surface area contributed by atoms with Gasteiger partial charge < -0.3 is 17.1 Å². The van der Waals surface area contributed by atoms with Crippen molar-refractivity contribution in [2.45, 2.75) is 12.5 Å². The quantitative estimate of drug-likeness (QED) is 0.567. The topological polar surface area (TPSA) is 51.4 Å². The maximum absolute atomic E-state index is 10.0. The molecule has 3 nitrogen and oxygen atoms in total. The third-order valence-corrected chi connectivity index (χ3v) is 1.10. The standard InChI is InChI=1S/C4H8NO2P.Y/c1-2-3(5-8)4(6)7;/h3H,1-2,8H2,(H,6,7);/q-2;. The minimum atomic E-state index is -0.921. The van der Waals surface area contributed by atoms with Gasteiger partial charge in [-0.05, 0) is 0 Å². The van der Waals surface area contributed by atoms with E-state index in [4.69, 9.17) is 5.11 Å². The normalized spacial score (nSPS) is 11.8. The maximum Gasteiger partial charge on any atom is 0.283 e. The SMILES string of the molecule is [CH2-]CC([N-]P)C(=O)O.[Y]. The van der Waals surface area contributed by atoms with Gasteiger partial charge in [0.1, 0.15) is 0 Å². The molecule has 0 rings (SSSR count). The fourth-order valence-corrected chi connectivity index (χ4v) is 0.538. The molecule has 0 amide bonds. The van der Waals surface area contributed by atoms with Crippen LogP contribution in [-0.2, 0) is 37.5 Å². The van der Waals surface area contributed by atoms with Crippen LogP contribution in [0.2, 0.25) is 0 Å². The van der Waals surface area contributed by atoms with E-state index < -0.39 is 12.0 Å². The predicted molar refractivity (Wildman–Crippen MR) is 34.5 cm³/mol. The van der Waals surface area contributed by atoms with Gasteiger partial charge in [0, 0.05) is 32.7 Å². The first-order chi connectivity index (χ1) is 3.72. The van der Waals surface area contributed by atoms with Crippen LogP contribution in [-0.4, -0.2) is 17.1 Å². The molecule has 0 aliphatic rings. The number of carboxylic acid groups (broad SMARTS) is 1. The molecule has 0 aromatic rings. The summed E-state index contributed by atoms with van der Waals surface area (Å²) in [6, 6.07) is -0.653. The van der Waals surface area contributed by atoms with Gasteiger partial charge in [0.05, 0.1) is 0 Å². The molecule has 0 aliphatic carbocycles. The van der Waals surface area contributed by atoms with Gasteiger partial charge in [-0.15, -0.1) is 0 Å². The van der Waals surface area contributed by atoms with Crippen molar-refractivity contribution < 1.29 is 42.6 Å². The zero-order valence-electron chi connectivity index (χ0n) is 4.95. The van der Waals surface area contributed by atoms with Crippen LogP contribution in [0, 0.1) is 6.92 Å². The average Bonchev–Trinajstić information content (AvgIpc) is 1.69. The summed E-state index contributed by atoms with van der Waals surface area (Å²) in [7, 11) is 2.01. The van der Waals surface area contributed by atoms with Crippen molar-refractivity contribution in [1.29, 1.82) is 0 Å². The van der Waals surface area contributed by atoms with Crippen molar-refractivity contribution in [1.82, 2.24) is 0 Å². The van der Waals surface area contributed by atoms with E-state index in [0.717, 1.165) is 0 Å². The minimum Gasteiger partial charge on any atom is -0.632 e. The van der Waals surface area contributed by atoms with E-state index >= 15 is 0 Å². The molecular formula is C4H8NO2PY-2. The zero-order valence-corrected chi connectivity index (χ0v) is 8.94. The van der Waals surface area contributed by atoms with Crippen molar-refractivity contribution in [2.24, 2.45) is 0 Å². The van der Waals surface area contributed by atoms with Crippen molar-refractivity contribution in [2.75, 3.05) is 0 Å². The number of hydrogen-bond donors (Lipinski definition) is 1. The van der Waals surface area contributed by atoms with Gasteiger partial charge in [-0.25, -0.2) is 0 Å². The van der Waals surface area contributed by atoms with Gasteiger partial charge >= 0.3 is 0 Å². The van der Waals surface area contributed by atoms with Crippen LogP contribution in [0.25, 0.3) is 5.09 Å². The molecule has 0 saturated heterocycles. The summed E-state index contributed by atoms with van der Waals surface area (Å²) in [5.41, 5.74) is 0. The minimum absolute atomic E-state index is 0. The van der Waals surface area contributed by atoms with E-state index in [1.54, 1.807) is 0 Å². The monoisotopic (exact) mass is 222 g/mol. The Balaban J connectivity index is 0. The molecule has 5 heteroatoms. The third kappa shape index (κ3) is 5.41. The molecule has 1 radical (unpaired) electrons. The van der Waals surface area contributed by atoms with E-state index in [-0.39, 0.29) is 32.7 Å². The number of aliphatic carboxylic acids is 1. The number of hydrogen-bond acceptors (Lipinski definition) is 1. The molecule has 0 aromatic heterocycles. The van der Waals surface area contributed by atoms with Crippen LogP contribution in [0.4, 0.5) is 0 Å². The van der Waals surface area contributed by atoms with Crippen LogP contribution >= 0.6 is 9.39 Å². The summed E-state index contributed by atoms with van der Waals surface area (Å²) in [5.74, 6) is -0.921. The Morgan fingerprint density at radius 2 is 2.33 bits per heavy atom. The Hall–Kier alpha value is 0.964. The Labute approximate surface area is 82.1 Å². The second-order valence-corrected chi connectivity index (χ2v) is 1.59. The van der Waals surface area contributed by atoms with E-state index in [0.29, 0.717) is 6.42 Å². The first-order valence-corrected chi connectivity index (χ1v) is 2.66. The molecule has 0 aliphatic heterocycles. The van der Waals surface area contributed by atoms with Crippen LogP contribution in [0.1, 0.15) is 6.42 Å². The van der Waals surface area contributed by atoms with Crippen molar-refractivity contribution in [3.05, 3.63) is 12.0 Å². The number of carboxylic acids is 1. The summed E-state index contributed by atoms with van der Waals surface area (Å²) in [4.78, 5) is 10.0. The van der Waals surface area contributed by atoms with Gasteiger partial charge in [0.15, 0.2) is 0 Å². The molecule has 51 valence electrons. The second kappa shape index (κ2) is 7.08. The fourth-order valence-electron chi connectivity index (χ4n) is 0.262. The van der Waals surface area contributed by atoms with E-state index in [9.17, 15) is 4.79 Å². The van der Waals surface area contributed by atoms with Gasteiger partial charge in [0.25, 0.3) is 5.97 Å². The van der Waals surface area contributed by atoms with Crippen LogP contribution in [0.3, 0.4) is 0 Å². The van der Waals surface area contributed by atoms with Crippen molar-refractivity contribution in [3.8, 4) is 0 Å². The predicted octanol–water partition coefficient (Wildman–Crippen LogP) is 0.825. The number of rotatable bonds is 3. The molecule has 0 bridgehead atoms. The first kappa shape index (κ1) is 12.6. The number of carbonyl (C=O) groups is 1. The summed E-state index contributed by atoms with van der Waals surface area (Å²) >= 11 is 0. The summed E-state index contributed by atoms with van der Waals surface area (Å²) in [6.07, 6.45) is 0.304. The summed E-state index contributed by atoms with van der Waals surface area (Å²) in [6.45, 7) is 3.39. The first-order valence-electron chi connectivity index (χ1n) is 2.14. The largest absolute Gasteiger partial charge is 0.632 e. The molecule has 0 fully saturated rings. The summed E-state index contributed by atoms with van der Waals surface area (Å²) < 4.78 is 0. The van der Waals surface area contributed by atoms with E-state index in [2.05, 4.69) is 12.0 Å². The average molecular weight is 222 g/mol. The van der Waals surface area contributed by atoms with Crippen molar-refractivity contribution >= 4 is 15.4 Å². The Morgan fingerprint density at radius 3 is 2.33 bits per heavy atom. The Kier molecular flexibility index (Phi) is 9.92. The smallest absolute Gasteiger partial charge is 0.283 e. The zero-order chi connectivity index (χ0) is 6.57. The molecule has 0 saturated carbocycles. The van der Waals surface area contributed by atoms with Gasteiger partial charge in [-0.2, -0.15) is 6.42 Å². The second-order valence-electron chi connectivity index (χ2n) is 1.29. The van der Waals surface area contributed by atoms with Crippen LogP contribution in [0.5, 0.6) is 0 Å². The molecule has 1 N–H and O–H groups in total. The van der Waals surface area contributed by atoms with E-state index in [1.807, 2.05) is 9.39 Å². The van der Waals surface area contributed by atoms with Gasteiger partial charge in [0.2, 0.25) is 0 Å². The van der Waals surface area contributed by atoms with Gasteiger partial charge in [-0.1, -0.05) is 6.04 Å². The Bertz CT molecular complexity index is 86.6.